The molecule has 0 amide bonds. The molecule has 0 aromatic heterocycles. The molecular weight excluding hydrogens is 354 g/mol. The van der Waals surface area contributed by atoms with Crippen molar-refractivity contribution in [3.05, 3.63) is 30.3 Å². The van der Waals surface area contributed by atoms with Crippen molar-refractivity contribution in [3.63, 3.8) is 0 Å². The van der Waals surface area contributed by atoms with E-state index in [9.17, 15) is 5.11 Å². The molecule has 0 spiro atoms. The van der Waals surface area contributed by atoms with Crippen LogP contribution in [0.1, 0.15) is 78.6 Å². The SMILES string of the molecule is CC(=Nc1ccccc1)[C@H]1CCC2[C@@H]3CC[C@@H]4C[C@](C)(O)CC[C@@H]4C3CC[C@@]21C. The Kier molecular flexibility index (Phi) is 4.93. The quantitative estimate of drug-likeness (QED) is 0.551. The van der Waals surface area contributed by atoms with E-state index in [1.807, 2.05) is 0 Å². The summed E-state index contributed by atoms with van der Waals surface area (Å²) in [7, 11) is 0. The highest BCUT2D eigenvalue weighted by Crippen LogP contribution is 2.64. The first-order chi connectivity index (χ1) is 13.9. The van der Waals surface area contributed by atoms with Crippen LogP contribution in [0.3, 0.4) is 0 Å². The second-order valence-corrected chi connectivity index (χ2v) is 11.4. The molecule has 2 heteroatoms. The van der Waals surface area contributed by atoms with Crippen LogP contribution in [0.2, 0.25) is 0 Å². The summed E-state index contributed by atoms with van der Waals surface area (Å²) in [4.78, 5) is 5.05. The van der Waals surface area contributed by atoms with Crippen LogP contribution in [0.4, 0.5) is 5.69 Å². The molecule has 1 aromatic carbocycles. The molecule has 1 N–H and O–H groups in total. The maximum absolute atomic E-state index is 10.6. The smallest absolute Gasteiger partial charge is 0.0629 e. The molecule has 5 rings (SSSR count). The van der Waals surface area contributed by atoms with Gasteiger partial charge in [-0.15, -0.1) is 0 Å². The predicted molar refractivity (Wildman–Crippen MR) is 120 cm³/mol. The summed E-state index contributed by atoms with van der Waals surface area (Å²) in [6, 6.07) is 10.5. The molecule has 0 heterocycles. The normalized spacial score (nSPS) is 47.2. The van der Waals surface area contributed by atoms with Gasteiger partial charge in [-0.3, -0.25) is 4.99 Å². The molecule has 0 radical (unpaired) electrons. The first-order valence-corrected chi connectivity index (χ1v) is 12.2. The number of fused-ring (bicyclic) bond motifs is 5. The van der Waals surface area contributed by atoms with Crippen molar-refractivity contribution in [3.8, 4) is 0 Å². The lowest BCUT2D eigenvalue weighted by Gasteiger charge is -2.57. The van der Waals surface area contributed by atoms with Crippen LogP contribution in [0.5, 0.6) is 0 Å². The zero-order chi connectivity index (χ0) is 20.2. The standard InChI is InChI=1S/C27H39NO/c1-18(28-20-7-5-4-6-8-20)24-11-12-25-23-10-9-19-17-26(2,29)15-13-21(19)22(23)14-16-27(24,25)3/h4-8,19,21-25,29H,9-17H2,1-3H3/t19-,21+,22?,23-,24-,25?,26-,27-/m1/s1. The minimum absolute atomic E-state index is 0.402. The number of rotatable bonds is 2. The number of hydrogen-bond donors (Lipinski definition) is 1. The lowest BCUT2D eigenvalue weighted by Crippen LogP contribution is -2.50. The lowest BCUT2D eigenvalue weighted by atomic mass is 9.49. The third-order valence-electron chi connectivity index (χ3n) is 9.80. The van der Waals surface area contributed by atoms with E-state index in [2.05, 4.69) is 51.1 Å². The molecule has 2 nitrogen and oxygen atoms in total. The number of nitrogens with zero attached hydrogens (tertiary/aromatic N) is 1. The number of benzene rings is 1. The maximum atomic E-state index is 10.6. The van der Waals surface area contributed by atoms with E-state index in [0.717, 1.165) is 48.1 Å². The van der Waals surface area contributed by atoms with Gasteiger partial charge in [-0.05, 0) is 119 Å². The Balaban J connectivity index is 1.35. The molecule has 158 valence electrons. The number of hydrogen-bond acceptors (Lipinski definition) is 2. The van der Waals surface area contributed by atoms with Crippen molar-refractivity contribution in [2.75, 3.05) is 0 Å². The highest BCUT2D eigenvalue weighted by molar-refractivity contribution is 5.87. The van der Waals surface area contributed by atoms with Gasteiger partial charge in [-0.25, -0.2) is 0 Å². The van der Waals surface area contributed by atoms with E-state index in [-0.39, 0.29) is 0 Å². The van der Waals surface area contributed by atoms with Gasteiger partial charge in [0, 0.05) is 11.6 Å². The molecule has 4 aliphatic carbocycles. The molecule has 2 unspecified atom stereocenters. The Morgan fingerprint density at radius 3 is 2.45 bits per heavy atom. The van der Waals surface area contributed by atoms with Crippen LogP contribution in [-0.2, 0) is 0 Å². The molecule has 8 atom stereocenters. The molecule has 4 saturated carbocycles. The Bertz CT molecular complexity index is 768. The number of aliphatic hydroxyl groups is 1. The zero-order valence-corrected chi connectivity index (χ0v) is 18.6. The van der Waals surface area contributed by atoms with Gasteiger partial charge in [0.05, 0.1) is 11.3 Å². The summed E-state index contributed by atoms with van der Waals surface area (Å²) >= 11 is 0. The molecule has 29 heavy (non-hydrogen) atoms. The number of para-hydroxylation sites is 1. The summed E-state index contributed by atoms with van der Waals surface area (Å²) in [5.41, 5.74) is 2.51. The van der Waals surface area contributed by atoms with Gasteiger partial charge in [0.2, 0.25) is 0 Å². The van der Waals surface area contributed by atoms with Crippen LogP contribution >= 0.6 is 0 Å². The fraction of sp³-hybridized carbons (Fsp3) is 0.741. The first kappa shape index (κ1) is 19.8. The summed E-state index contributed by atoms with van der Waals surface area (Å²) < 4.78 is 0. The van der Waals surface area contributed by atoms with Gasteiger partial charge in [0.15, 0.2) is 0 Å². The van der Waals surface area contributed by atoms with Crippen LogP contribution in [0.25, 0.3) is 0 Å². The minimum atomic E-state index is -0.402. The Labute approximate surface area is 177 Å². The average molecular weight is 394 g/mol. The largest absolute Gasteiger partial charge is 0.390 e. The molecule has 4 fully saturated rings. The van der Waals surface area contributed by atoms with E-state index in [1.54, 1.807) is 0 Å². The van der Waals surface area contributed by atoms with Crippen molar-refractivity contribution in [2.45, 2.75) is 84.2 Å². The summed E-state index contributed by atoms with van der Waals surface area (Å²) in [6.07, 6.45) is 11.6. The van der Waals surface area contributed by atoms with Crippen LogP contribution in [-0.4, -0.2) is 16.4 Å². The average Bonchev–Trinajstić information content (AvgIpc) is 3.05. The van der Waals surface area contributed by atoms with Gasteiger partial charge in [-0.2, -0.15) is 0 Å². The monoisotopic (exact) mass is 393 g/mol. The maximum Gasteiger partial charge on any atom is 0.0629 e. The van der Waals surface area contributed by atoms with Crippen molar-refractivity contribution >= 4 is 11.4 Å². The van der Waals surface area contributed by atoms with Crippen LogP contribution < -0.4 is 0 Å². The van der Waals surface area contributed by atoms with Gasteiger partial charge < -0.3 is 5.11 Å². The third-order valence-corrected chi connectivity index (χ3v) is 9.80. The predicted octanol–water partition coefficient (Wildman–Crippen LogP) is 6.80. The van der Waals surface area contributed by atoms with Crippen LogP contribution in [0, 0.1) is 40.9 Å². The third kappa shape index (κ3) is 3.40. The highest BCUT2D eigenvalue weighted by Gasteiger charge is 2.57. The molecule has 1 aromatic rings. The molecular formula is C27H39NO. The second-order valence-electron chi connectivity index (χ2n) is 11.4. The molecule has 0 bridgehead atoms. The lowest BCUT2D eigenvalue weighted by molar-refractivity contribution is -0.0965. The van der Waals surface area contributed by atoms with Crippen molar-refractivity contribution in [1.29, 1.82) is 0 Å². The topological polar surface area (TPSA) is 32.6 Å². The van der Waals surface area contributed by atoms with Gasteiger partial charge in [0.25, 0.3) is 0 Å². The summed E-state index contributed by atoms with van der Waals surface area (Å²) in [5.74, 6) is 5.05. The van der Waals surface area contributed by atoms with Crippen molar-refractivity contribution in [2.24, 2.45) is 45.9 Å². The Hall–Kier alpha value is -1.15. The van der Waals surface area contributed by atoms with E-state index in [1.165, 1.54) is 50.7 Å². The van der Waals surface area contributed by atoms with Gasteiger partial charge >= 0.3 is 0 Å². The fourth-order valence-corrected chi connectivity index (χ4v) is 8.55. The second kappa shape index (κ2) is 7.22. The number of aliphatic imine (C=N–C) groups is 1. The van der Waals surface area contributed by atoms with E-state index in [0.29, 0.717) is 11.3 Å². The van der Waals surface area contributed by atoms with E-state index >= 15 is 0 Å². The highest BCUT2D eigenvalue weighted by atomic mass is 16.3. The summed E-state index contributed by atoms with van der Waals surface area (Å²) in [5, 5.41) is 10.6. The van der Waals surface area contributed by atoms with Crippen molar-refractivity contribution in [1.82, 2.24) is 0 Å². The van der Waals surface area contributed by atoms with Gasteiger partial charge in [-0.1, -0.05) is 25.1 Å². The van der Waals surface area contributed by atoms with Crippen LogP contribution in [0.15, 0.2) is 35.3 Å². The van der Waals surface area contributed by atoms with Gasteiger partial charge in [0.1, 0.15) is 0 Å². The fourth-order valence-electron chi connectivity index (χ4n) is 8.55. The molecule has 0 saturated heterocycles. The summed E-state index contributed by atoms with van der Waals surface area (Å²) in [6.45, 7) is 6.97. The van der Waals surface area contributed by atoms with E-state index in [4.69, 9.17) is 4.99 Å². The first-order valence-electron chi connectivity index (χ1n) is 12.2. The van der Waals surface area contributed by atoms with Crippen molar-refractivity contribution < 1.29 is 5.11 Å². The minimum Gasteiger partial charge on any atom is -0.390 e. The zero-order valence-electron chi connectivity index (χ0n) is 18.6. The Morgan fingerprint density at radius 1 is 0.897 bits per heavy atom. The Morgan fingerprint density at radius 2 is 1.66 bits per heavy atom. The molecule has 4 aliphatic rings. The van der Waals surface area contributed by atoms with E-state index < -0.39 is 5.60 Å². The molecule has 0 aliphatic heterocycles.